The fraction of sp³-hybridized carbons (Fsp3) is 0.500. The number of aliphatic imine (C=N–C) groups is 1. The number of carbonyl (C=O) groups is 2. The molecule has 1 atom stereocenters. The van der Waals surface area contributed by atoms with Gasteiger partial charge in [0.05, 0.1) is 32.8 Å². The Kier molecular flexibility index (Phi) is 6.82. The van der Waals surface area contributed by atoms with Gasteiger partial charge in [-0.1, -0.05) is 17.7 Å². The van der Waals surface area contributed by atoms with E-state index in [2.05, 4.69) is 27.0 Å². The predicted molar refractivity (Wildman–Crippen MR) is 100 cm³/mol. The van der Waals surface area contributed by atoms with Crippen molar-refractivity contribution in [3.63, 3.8) is 0 Å². The molecule has 0 radical (unpaired) electrons. The molecule has 0 aliphatic carbocycles. The largest absolute Gasteiger partial charge is 0.496 e. The summed E-state index contributed by atoms with van der Waals surface area (Å²) in [6.45, 7) is 7.38. The number of hydrogen-bond donors (Lipinski definition) is 3. The molecule has 1 aliphatic heterocycles. The fourth-order valence-electron chi connectivity index (χ4n) is 2.74. The maximum atomic E-state index is 11.6. The lowest BCUT2D eigenvalue weighted by atomic mass is 10.0. The molecule has 2 rings (SSSR count). The maximum Gasteiger partial charge on any atom is 0.324 e. The van der Waals surface area contributed by atoms with E-state index in [0.717, 1.165) is 16.9 Å². The molecular formula is C18H27N5O3. The zero-order valence-corrected chi connectivity index (χ0v) is 15.8. The molecule has 1 aliphatic rings. The Hall–Kier alpha value is -2.77. The summed E-state index contributed by atoms with van der Waals surface area (Å²) in [5.74, 6) is 1.21. The Morgan fingerprint density at radius 2 is 2.19 bits per heavy atom. The molecule has 3 amide bonds. The van der Waals surface area contributed by atoms with Crippen molar-refractivity contribution in [2.24, 2.45) is 4.99 Å². The lowest BCUT2D eigenvalue weighted by molar-refractivity contribution is -0.124. The van der Waals surface area contributed by atoms with Crippen LogP contribution in [0.25, 0.3) is 0 Å². The number of nitrogens with zero attached hydrogens (tertiary/aromatic N) is 2. The first-order valence-corrected chi connectivity index (χ1v) is 8.73. The summed E-state index contributed by atoms with van der Waals surface area (Å²) in [5.41, 5.74) is 2.18. The van der Waals surface area contributed by atoms with E-state index < -0.39 is 0 Å². The van der Waals surface area contributed by atoms with Crippen molar-refractivity contribution in [1.82, 2.24) is 20.9 Å². The number of methoxy groups -OCH3 is 1. The minimum Gasteiger partial charge on any atom is -0.496 e. The lowest BCUT2D eigenvalue weighted by Gasteiger charge is -2.21. The minimum atomic E-state index is -0.360. The van der Waals surface area contributed by atoms with E-state index in [1.54, 1.807) is 7.11 Å². The highest BCUT2D eigenvalue weighted by molar-refractivity contribution is 6.01. The van der Waals surface area contributed by atoms with Gasteiger partial charge < -0.3 is 20.7 Å². The smallest absolute Gasteiger partial charge is 0.324 e. The molecule has 8 nitrogen and oxygen atoms in total. The molecule has 1 unspecified atom stereocenters. The summed E-state index contributed by atoms with van der Waals surface area (Å²) < 4.78 is 5.45. The van der Waals surface area contributed by atoms with Gasteiger partial charge in [0.1, 0.15) is 5.75 Å². The van der Waals surface area contributed by atoms with Crippen LogP contribution in [0.3, 0.4) is 0 Å². The Bertz CT molecular complexity index is 673. The number of rotatable bonds is 7. The highest BCUT2D eigenvalue weighted by Gasteiger charge is 2.27. The number of guanidine groups is 1. The molecule has 3 N–H and O–H groups in total. The zero-order chi connectivity index (χ0) is 19.1. The molecular weight excluding hydrogens is 334 g/mol. The Morgan fingerprint density at radius 1 is 1.42 bits per heavy atom. The molecule has 8 heteroatoms. The number of benzene rings is 1. The number of hydrogen-bond acceptors (Lipinski definition) is 4. The SMILES string of the molecule is CCNC(=NCCN1C(=O)CNC1=O)NC(C)c1cc(C)ccc1OC. The van der Waals surface area contributed by atoms with Crippen LogP contribution in [0.15, 0.2) is 23.2 Å². The number of amides is 3. The monoisotopic (exact) mass is 361 g/mol. The molecule has 1 heterocycles. The van der Waals surface area contributed by atoms with Crippen LogP contribution < -0.4 is 20.7 Å². The van der Waals surface area contributed by atoms with Crippen molar-refractivity contribution < 1.29 is 14.3 Å². The topological polar surface area (TPSA) is 95.1 Å². The van der Waals surface area contributed by atoms with E-state index >= 15 is 0 Å². The molecule has 1 aromatic rings. The van der Waals surface area contributed by atoms with Crippen LogP contribution in [0.2, 0.25) is 0 Å². The van der Waals surface area contributed by atoms with Crippen molar-refractivity contribution in [1.29, 1.82) is 0 Å². The van der Waals surface area contributed by atoms with E-state index in [4.69, 9.17) is 4.74 Å². The van der Waals surface area contributed by atoms with Crippen molar-refractivity contribution in [2.75, 3.05) is 33.3 Å². The number of ether oxygens (including phenoxy) is 1. The van der Waals surface area contributed by atoms with E-state index in [-0.39, 0.29) is 31.1 Å². The van der Waals surface area contributed by atoms with E-state index in [1.807, 2.05) is 32.9 Å². The normalized spacial score (nSPS) is 15.7. The maximum absolute atomic E-state index is 11.6. The van der Waals surface area contributed by atoms with Gasteiger partial charge in [0.15, 0.2) is 5.96 Å². The summed E-state index contributed by atoms with van der Waals surface area (Å²) >= 11 is 0. The van der Waals surface area contributed by atoms with E-state index in [9.17, 15) is 9.59 Å². The van der Waals surface area contributed by atoms with Gasteiger partial charge in [0.2, 0.25) is 5.91 Å². The summed E-state index contributed by atoms with van der Waals surface area (Å²) in [5, 5.41) is 9.01. The third kappa shape index (κ3) is 4.87. The minimum absolute atomic E-state index is 0.0284. The van der Waals surface area contributed by atoms with Gasteiger partial charge in [0, 0.05) is 12.1 Å². The highest BCUT2D eigenvalue weighted by Crippen LogP contribution is 2.25. The second kappa shape index (κ2) is 9.07. The number of carbonyl (C=O) groups excluding carboxylic acids is 2. The Balaban J connectivity index is 2.03. The molecule has 0 saturated carbocycles. The van der Waals surface area contributed by atoms with Crippen LogP contribution in [-0.2, 0) is 4.79 Å². The molecule has 1 aromatic carbocycles. The fourth-order valence-corrected chi connectivity index (χ4v) is 2.74. The van der Waals surface area contributed by atoms with Crippen molar-refractivity contribution in [2.45, 2.75) is 26.8 Å². The second-order valence-corrected chi connectivity index (χ2v) is 6.08. The zero-order valence-electron chi connectivity index (χ0n) is 15.8. The quantitative estimate of drug-likeness (QED) is 0.385. The van der Waals surface area contributed by atoms with Crippen LogP contribution in [0.1, 0.15) is 31.0 Å². The van der Waals surface area contributed by atoms with Crippen molar-refractivity contribution >= 4 is 17.9 Å². The van der Waals surface area contributed by atoms with Gasteiger partial charge in [-0.15, -0.1) is 0 Å². The van der Waals surface area contributed by atoms with Crippen molar-refractivity contribution in [3.05, 3.63) is 29.3 Å². The lowest BCUT2D eigenvalue weighted by Crippen LogP contribution is -2.40. The first-order chi connectivity index (χ1) is 12.5. The van der Waals surface area contributed by atoms with Crippen LogP contribution in [-0.4, -0.2) is 56.1 Å². The first kappa shape index (κ1) is 19.6. The van der Waals surface area contributed by atoms with Crippen LogP contribution in [0.4, 0.5) is 4.79 Å². The molecule has 1 saturated heterocycles. The van der Waals surface area contributed by atoms with Gasteiger partial charge in [-0.2, -0.15) is 0 Å². The van der Waals surface area contributed by atoms with Crippen LogP contribution >= 0.6 is 0 Å². The number of aryl methyl sites for hydroxylation is 1. The average Bonchev–Trinajstić information content (AvgIpc) is 2.93. The summed E-state index contributed by atoms with van der Waals surface area (Å²) in [7, 11) is 1.65. The Labute approximate surface area is 154 Å². The standard InChI is InChI=1S/C18H27N5O3/c1-5-19-17(20-8-9-23-16(24)11-21-18(23)25)22-13(3)14-10-12(2)6-7-15(14)26-4/h6-7,10,13H,5,8-9,11H2,1-4H3,(H,21,25)(H2,19,20,22). The van der Waals surface area contributed by atoms with E-state index in [1.165, 1.54) is 4.90 Å². The summed E-state index contributed by atoms with van der Waals surface area (Å²) in [4.78, 5) is 28.8. The summed E-state index contributed by atoms with van der Waals surface area (Å²) in [6.07, 6.45) is 0. The third-order valence-electron chi connectivity index (χ3n) is 4.08. The molecule has 0 aromatic heterocycles. The van der Waals surface area contributed by atoms with Gasteiger partial charge in [-0.05, 0) is 26.8 Å². The number of nitrogens with one attached hydrogen (secondary N) is 3. The van der Waals surface area contributed by atoms with Crippen LogP contribution in [0.5, 0.6) is 5.75 Å². The average molecular weight is 361 g/mol. The Morgan fingerprint density at radius 3 is 2.81 bits per heavy atom. The van der Waals surface area contributed by atoms with Crippen LogP contribution in [0, 0.1) is 6.92 Å². The molecule has 1 fully saturated rings. The first-order valence-electron chi connectivity index (χ1n) is 8.73. The summed E-state index contributed by atoms with van der Waals surface area (Å²) in [6, 6.07) is 5.64. The van der Waals surface area contributed by atoms with Gasteiger partial charge in [-0.3, -0.25) is 14.7 Å². The molecule has 26 heavy (non-hydrogen) atoms. The second-order valence-electron chi connectivity index (χ2n) is 6.08. The van der Waals surface area contributed by atoms with Crippen molar-refractivity contribution in [3.8, 4) is 5.75 Å². The molecule has 142 valence electrons. The molecule has 0 spiro atoms. The highest BCUT2D eigenvalue weighted by atomic mass is 16.5. The molecule has 0 bridgehead atoms. The number of urea groups is 1. The van der Waals surface area contributed by atoms with Gasteiger partial charge >= 0.3 is 6.03 Å². The van der Waals surface area contributed by atoms with E-state index in [0.29, 0.717) is 19.0 Å². The predicted octanol–water partition coefficient (Wildman–Crippen LogP) is 1.17. The number of imide groups is 1. The third-order valence-corrected chi connectivity index (χ3v) is 4.08. The van der Waals surface area contributed by atoms with Gasteiger partial charge in [-0.25, -0.2) is 4.79 Å². The van der Waals surface area contributed by atoms with Gasteiger partial charge in [0.25, 0.3) is 0 Å².